The summed E-state index contributed by atoms with van der Waals surface area (Å²) in [6.45, 7) is 4.62. The third-order valence-corrected chi connectivity index (χ3v) is 10.9. The van der Waals surface area contributed by atoms with Crippen molar-refractivity contribution in [3.63, 3.8) is 0 Å². The number of benzene rings is 1. The number of likely N-dealkylation sites (tertiary alicyclic amines) is 1. The molecule has 0 radical (unpaired) electrons. The van der Waals surface area contributed by atoms with E-state index in [1.807, 2.05) is 19.2 Å². The largest absolute Gasteiger partial charge is 0.508 e. The van der Waals surface area contributed by atoms with Crippen LogP contribution in [0.2, 0.25) is 0 Å². The second-order valence-electron chi connectivity index (χ2n) is 12.6. The van der Waals surface area contributed by atoms with Gasteiger partial charge in [-0.05, 0) is 97.9 Å². The van der Waals surface area contributed by atoms with Gasteiger partial charge in [0.15, 0.2) is 0 Å². The summed E-state index contributed by atoms with van der Waals surface area (Å²) < 4.78 is 0. The molecule has 196 valence electrons. The van der Waals surface area contributed by atoms with Crippen molar-refractivity contribution < 1.29 is 9.90 Å². The van der Waals surface area contributed by atoms with E-state index in [2.05, 4.69) is 27.9 Å². The molecule has 4 fully saturated rings. The molecule has 2 aromatic rings. The Labute approximate surface area is 216 Å². The molecule has 5 aliphatic rings. The van der Waals surface area contributed by atoms with Crippen LogP contribution in [0.5, 0.6) is 5.75 Å². The number of carbonyl (C=O) groups excluding carboxylic acids is 1. The van der Waals surface area contributed by atoms with E-state index in [9.17, 15) is 19.5 Å². The van der Waals surface area contributed by atoms with Crippen LogP contribution in [0.3, 0.4) is 0 Å². The number of phenolic OH excluding ortho intramolecular Hbond substituents is 1. The molecular formula is C29H36N4O4. The Kier molecular flexibility index (Phi) is 4.92. The summed E-state index contributed by atoms with van der Waals surface area (Å²) >= 11 is 0. The average molecular weight is 505 g/mol. The van der Waals surface area contributed by atoms with E-state index < -0.39 is 11.2 Å². The minimum Gasteiger partial charge on any atom is -0.508 e. The quantitative estimate of drug-likeness (QED) is 0.593. The second kappa shape index (κ2) is 7.82. The molecule has 37 heavy (non-hydrogen) atoms. The van der Waals surface area contributed by atoms with Crippen LogP contribution in [0.4, 0.5) is 0 Å². The lowest BCUT2D eigenvalue weighted by molar-refractivity contribution is -0.105. The molecule has 1 aromatic carbocycles. The summed E-state index contributed by atoms with van der Waals surface area (Å²) in [6.07, 6.45) is 7.88. The summed E-state index contributed by atoms with van der Waals surface area (Å²) in [6, 6.07) is 7.67. The Morgan fingerprint density at radius 2 is 1.97 bits per heavy atom. The van der Waals surface area contributed by atoms with Crippen LogP contribution < -0.4 is 11.2 Å². The molecule has 7 rings (SSSR count). The van der Waals surface area contributed by atoms with E-state index in [0.29, 0.717) is 17.7 Å². The normalized spacial score (nSPS) is 36.1. The highest BCUT2D eigenvalue weighted by atomic mass is 16.3. The zero-order valence-electron chi connectivity index (χ0n) is 21.6. The second-order valence-corrected chi connectivity index (χ2v) is 12.6. The number of nitrogens with one attached hydrogen (secondary N) is 2. The van der Waals surface area contributed by atoms with Crippen LogP contribution in [0.25, 0.3) is 0 Å². The zero-order chi connectivity index (χ0) is 25.7. The van der Waals surface area contributed by atoms with Crippen molar-refractivity contribution in [3.05, 3.63) is 61.9 Å². The summed E-state index contributed by atoms with van der Waals surface area (Å²) in [5, 5.41) is 10.6. The Bertz CT molecular complexity index is 1370. The number of amides is 1. The van der Waals surface area contributed by atoms with Gasteiger partial charge in [0.05, 0.1) is 0 Å². The Hall–Kier alpha value is -2.87. The first kappa shape index (κ1) is 23.3. The van der Waals surface area contributed by atoms with Gasteiger partial charge in [0.2, 0.25) is 0 Å². The fraction of sp³-hybridized carbons (Fsp3) is 0.621. The van der Waals surface area contributed by atoms with Gasteiger partial charge in [-0.25, -0.2) is 4.79 Å². The minimum absolute atomic E-state index is 0.00940. The van der Waals surface area contributed by atoms with E-state index in [0.717, 1.165) is 44.6 Å². The summed E-state index contributed by atoms with van der Waals surface area (Å²) in [5.74, 6) is 1.51. The fourth-order valence-corrected chi connectivity index (χ4v) is 9.64. The van der Waals surface area contributed by atoms with Crippen LogP contribution in [0.15, 0.2) is 33.9 Å². The summed E-state index contributed by atoms with van der Waals surface area (Å²) in [4.78, 5) is 46.7. The van der Waals surface area contributed by atoms with Gasteiger partial charge >= 0.3 is 5.69 Å². The monoisotopic (exact) mass is 504 g/mol. The fourth-order valence-electron chi connectivity index (χ4n) is 9.64. The van der Waals surface area contributed by atoms with Crippen molar-refractivity contribution >= 4 is 5.91 Å². The van der Waals surface area contributed by atoms with Gasteiger partial charge in [0.1, 0.15) is 11.4 Å². The Balaban J connectivity index is 1.34. The van der Waals surface area contributed by atoms with Crippen molar-refractivity contribution in [3.8, 4) is 5.75 Å². The highest BCUT2D eigenvalue weighted by Crippen LogP contribution is 2.74. The molecule has 5 unspecified atom stereocenters. The number of piperidine rings is 1. The van der Waals surface area contributed by atoms with Gasteiger partial charge in [-0.1, -0.05) is 13.0 Å². The lowest BCUT2D eigenvalue weighted by Gasteiger charge is -2.67. The molecule has 4 bridgehead atoms. The molecule has 4 aliphatic carbocycles. The van der Waals surface area contributed by atoms with Crippen molar-refractivity contribution in [1.82, 2.24) is 19.8 Å². The molecule has 6 atom stereocenters. The number of H-pyrrole nitrogens is 2. The Morgan fingerprint density at radius 1 is 1.16 bits per heavy atom. The number of rotatable bonds is 4. The SMILES string of the molecule is C[C@H]1CC23CCC(N(C)C(=O)c4cc(=O)[nH]c(=O)[nH]4)C1C21CCN(CC2CC2)C3Cc2ccc(O)cc21. The highest BCUT2D eigenvalue weighted by Gasteiger charge is 2.73. The molecule has 2 heterocycles. The first-order valence-corrected chi connectivity index (χ1v) is 13.9. The number of hydrogen-bond donors (Lipinski definition) is 3. The maximum Gasteiger partial charge on any atom is 0.326 e. The number of carbonyl (C=O) groups is 1. The number of fused-ring (bicyclic) bond motifs is 1. The first-order chi connectivity index (χ1) is 17.7. The predicted octanol–water partition coefficient (Wildman–Crippen LogP) is 2.62. The molecule has 1 saturated heterocycles. The third kappa shape index (κ3) is 3.14. The lowest BCUT2D eigenvalue weighted by Crippen LogP contribution is -2.70. The number of phenols is 1. The van der Waals surface area contributed by atoms with E-state index in [4.69, 9.17) is 0 Å². The van der Waals surface area contributed by atoms with Crippen LogP contribution >= 0.6 is 0 Å². The van der Waals surface area contributed by atoms with E-state index >= 15 is 0 Å². The van der Waals surface area contributed by atoms with Crippen molar-refractivity contribution in [1.29, 1.82) is 0 Å². The maximum absolute atomic E-state index is 13.6. The van der Waals surface area contributed by atoms with Gasteiger partial charge < -0.3 is 15.0 Å². The van der Waals surface area contributed by atoms with Gasteiger partial charge in [-0.2, -0.15) is 0 Å². The molecule has 8 heteroatoms. The molecular weight excluding hydrogens is 468 g/mol. The number of aromatic amines is 2. The number of aromatic nitrogens is 2. The van der Waals surface area contributed by atoms with Crippen molar-refractivity contribution in [2.75, 3.05) is 20.1 Å². The predicted molar refractivity (Wildman–Crippen MR) is 139 cm³/mol. The van der Waals surface area contributed by atoms with Crippen LogP contribution in [0, 0.1) is 23.2 Å². The van der Waals surface area contributed by atoms with Crippen molar-refractivity contribution in [2.45, 2.75) is 69.4 Å². The first-order valence-electron chi connectivity index (χ1n) is 13.9. The third-order valence-electron chi connectivity index (χ3n) is 10.9. The highest BCUT2D eigenvalue weighted by molar-refractivity contribution is 5.92. The maximum atomic E-state index is 13.6. The topological polar surface area (TPSA) is 110 Å². The standard InChI is InChI=1S/C29H36N4O4/c1-16-14-28-8-7-22(32(2)26(36)21-13-24(35)31-27(37)30-21)25(16)29(28)9-10-33(15-17-3-4-17)23(28)11-18-5-6-19(34)12-20(18)29/h5-6,12-13,16-17,22-23,25,34H,3-4,7-11,14-15H2,1-2H3,(H2,30,31,35,37)/t16-,22?,23?,25?,28?,29?/m0/s1. The van der Waals surface area contributed by atoms with Crippen LogP contribution in [0.1, 0.15) is 67.1 Å². The number of nitrogens with zero attached hydrogens (tertiary/aromatic N) is 2. The van der Waals surface area contributed by atoms with Crippen LogP contribution in [-0.2, 0) is 11.8 Å². The molecule has 8 nitrogen and oxygen atoms in total. The molecule has 3 saturated carbocycles. The summed E-state index contributed by atoms with van der Waals surface area (Å²) in [5.41, 5.74) is 1.51. The van der Waals surface area contributed by atoms with Crippen molar-refractivity contribution in [2.24, 2.45) is 23.2 Å². The van der Waals surface area contributed by atoms with E-state index in [-0.39, 0.29) is 34.4 Å². The Morgan fingerprint density at radius 3 is 2.73 bits per heavy atom. The molecule has 1 amide bonds. The number of hydrogen-bond acceptors (Lipinski definition) is 5. The lowest BCUT2D eigenvalue weighted by atomic mass is 9.43. The van der Waals surface area contributed by atoms with Crippen LogP contribution in [-0.4, -0.2) is 63.0 Å². The molecule has 1 aliphatic heterocycles. The summed E-state index contributed by atoms with van der Waals surface area (Å²) in [7, 11) is 1.83. The average Bonchev–Trinajstić information content (AvgIpc) is 3.65. The molecule has 3 N–H and O–H groups in total. The minimum atomic E-state index is -0.665. The zero-order valence-corrected chi connectivity index (χ0v) is 21.6. The van der Waals surface area contributed by atoms with Gasteiger partial charge in [0, 0.05) is 37.2 Å². The van der Waals surface area contributed by atoms with Gasteiger partial charge in [-0.15, -0.1) is 0 Å². The molecule has 1 aromatic heterocycles. The smallest absolute Gasteiger partial charge is 0.326 e. The molecule has 0 spiro atoms. The van der Waals surface area contributed by atoms with E-state index in [1.54, 1.807) is 4.90 Å². The van der Waals surface area contributed by atoms with E-state index in [1.165, 1.54) is 36.6 Å². The van der Waals surface area contributed by atoms with Gasteiger partial charge in [0.25, 0.3) is 11.5 Å². The number of aromatic hydroxyl groups is 1. The van der Waals surface area contributed by atoms with Gasteiger partial charge in [-0.3, -0.25) is 19.5 Å².